The Morgan fingerprint density at radius 3 is 2.56 bits per heavy atom. The van der Waals surface area contributed by atoms with Gasteiger partial charge in [-0.2, -0.15) is 0 Å². The quantitative estimate of drug-likeness (QED) is 0.877. The minimum absolute atomic E-state index is 0.250. The van der Waals surface area contributed by atoms with Crippen molar-refractivity contribution in [1.82, 2.24) is 20.0 Å². The molecule has 2 unspecified atom stereocenters. The molecule has 0 bridgehead atoms. The van der Waals surface area contributed by atoms with Gasteiger partial charge in [-0.15, -0.1) is 0 Å². The smallest absolute Gasteiger partial charge is 0.325 e. The van der Waals surface area contributed by atoms with Gasteiger partial charge in [0.05, 0.1) is 0 Å². The second kappa shape index (κ2) is 7.21. The maximum absolute atomic E-state index is 12.6. The first-order valence-corrected chi connectivity index (χ1v) is 9.75. The third-order valence-corrected chi connectivity index (χ3v) is 5.89. The molecule has 144 valence electrons. The van der Waals surface area contributed by atoms with Crippen LogP contribution in [0, 0.1) is 5.92 Å². The summed E-state index contributed by atoms with van der Waals surface area (Å²) in [5.41, 5.74) is 1.23. The van der Waals surface area contributed by atoms with Crippen LogP contribution in [0.25, 0.3) is 0 Å². The van der Waals surface area contributed by atoms with E-state index in [0.717, 1.165) is 44.2 Å². The van der Waals surface area contributed by atoms with E-state index in [-0.39, 0.29) is 11.9 Å². The minimum Gasteiger partial charge on any atom is -0.343 e. The number of nitrogens with zero attached hydrogens (tertiary/aromatic N) is 4. The second-order valence-electron chi connectivity index (χ2n) is 7.79. The van der Waals surface area contributed by atoms with Crippen LogP contribution >= 0.6 is 0 Å². The monoisotopic (exact) mass is 369 g/mol. The van der Waals surface area contributed by atoms with Crippen molar-refractivity contribution in [2.45, 2.75) is 38.4 Å². The number of rotatable bonds is 3. The lowest BCUT2D eigenvalue weighted by Gasteiger charge is -2.39. The summed E-state index contributed by atoms with van der Waals surface area (Å²) in [5.74, 6) is 1.33. The van der Waals surface area contributed by atoms with Crippen LogP contribution in [0.2, 0.25) is 0 Å². The topological polar surface area (TPSA) is 68.2 Å². The average molecular weight is 369 g/mol. The van der Waals surface area contributed by atoms with E-state index in [2.05, 4.69) is 34.2 Å². The van der Waals surface area contributed by atoms with Crippen LogP contribution in [-0.2, 0) is 11.2 Å². The highest BCUT2D eigenvalue weighted by atomic mass is 16.2. The predicted molar refractivity (Wildman–Crippen MR) is 103 cm³/mol. The Morgan fingerprint density at radius 2 is 1.85 bits per heavy atom. The number of piperidine rings is 1. The van der Waals surface area contributed by atoms with E-state index >= 15 is 0 Å². The number of amides is 3. The Morgan fingerprint density at radius 1 is 1.15 bits per heavy atom. The van der Waals surface area contributed by atoms with E-state index in [0.29, 0.717) is 6.54 Å². The molecule has 0 aromatic heterocycles. The van der Waals surface area contributed by atoms with Crippen LogP contribution < -0.4 is 5.32 Å². The SMILES string of the molecule is CC1CCN(C2=NC3C(C(=O)NC(=O)N3C)N2CCc2ccccc2)CC1. The summed E-state index contributed by atoms with van der Waals surface area (Å²) in [7, 11) is 1.71. The van der Waals surface area contributed by atoms with Crippen LogP contribution in [0.15, 0.2) is 35.3 Å². The van der Waals surface area contributed by atoms with Crippen LogP contribution in [0.3, 0.4) is 0 Å². The molecular formula is C20H27N5O2. The first kappa shape index (κ1) is 17.8. The molecule has 7 nitrogen and oxygen atoms in total. The molecule has 1 aromatic rings. The van der Waals surface area contributed by atoms with Crippen molar-refractivity contribution < 1.29 is 9.59 Å². The van der Waals surface area contributed by atoms with E-state index in [1.165, 1.54) is 5.56 Å². The maximum Gasteiger partial charge on any atom is 0.325 e. The molecule has 1 aromatic carbocycles. The van der Waals surface area contributed by atoms with Crippen molar-refractivity contribution >= 4 is 17.9 Å². The molecule has 27 heavy (non-hydrogen) atoms. The predicted octanol–water partition coefficient (Wildman–Crippen LogP) is 1.51. The lowest BCUT2D eigenvalue weighted by atomic mass is 9.99. The van der Waals surface area contributed by atoms with Gasteiger partial charge in [0.1, 0.15) is 0 Å². The molecule has 0 radical (unpaired) electrons. The fourth-order valence-electron chi connectivity index (χ4n) is 4.12. The van der Waals surface area contributed by atoms with Gasteiger partial charge < -0.3 is 14.7 Å². The first-order valence-electron chi connectivity index (χ1n) is 9.75. The van der Waals surface area contributed by atoms with Gasteiger partial charge in [-0.05, 0) is 30.7 Å². The molecule has 0 aliphatic carbocycles. The Labute approximate surface area is 160 Å². The summed E-state index contributed by atoms with van der Waals surface area (Å²) in [6, 6.07) is 9.44. The maximum atomic E-state index is 12.6. The molecule has 0 saturated carbocycles. The van der Waals surface area contributed by atoms with Crippen LogP contribution in [0.5, 0.6) is 0 Å². The molecule has 2 fully saturated rings. The molecule has 7 heteroatoms. The number of nitrogens with one attached hydrogen (secondary N) is 1. The average Bonchev–Trinajstić information content (AvgIpc) is 3.06. The number of benzene rings is 1. The highest BCUT2D eigenvalue weighted by molar-refractivity contribution is 6.03. The molecule has 0 spiro atoms. The highest BCUT2D eigenvalue weighted by Crippen LogP contribution is 2.28. The second-order valence-corrected chi connectivity index (χ2v) is 7.79. The minimum atomic E-state index is -0.453. The number of fused-ring (bicyclic) bond motifs is 1. The fraction of sp³-hybridized carbons (Fsp3) is 0.550. The molecule has 2 atom stereocenters. The Balaban J connectivity index is 1.59. The Kier molecular flexibility index (Phi) is 4.76. The Hall–Kier alpha value is -2.57. The third-order valence-electron chi connectivity index (χ3n) is 5.89. The number of carbonyl (C=O) groups excluding carboxylic acids is 2. The van der Waals surface area contributed by atoms with Crippen molar-refractivity contribution in [1.29, 1.82) is 0 Å². The molecule has 3 heterocycles. The molecular weight excluding hydrogens is 342 g/mol. The summed E-state index contributed by atoms with van der Waals surface area (Å²) in [6.07, 6.45) is 2.64. The number of urea groups is 1. The van der Waals surface area contributed by atoms with Gasteiger partial charge in [0, 0.05) is 26.7 Å². The number of hydrogen-bond acceptors (Lipinski definition) is 5. The lowest BCUT2D eigenvalue weighted by molar-refractivity contribution is -0.127. The lowest BCUT2D eigenvalue weighted by Crippen LogP contribution is -2.64. The van der Waals surface area contributed by atoms with Gasteiger partial charge in [-0.3, -0.25) is 10.1 Å². The fourth-order valence-corrected chi connectivity index (χ4v) is 4.12. The Bertz CT molecular complexity index is 742. The van der Waals surface area contributed by atoms with Gasteiger partial charge in [0.2, 0.25) is 0 Å². The molecule has 4 rings (SSSR count). The number of carbonyl (C=O) groups is 2. The number of guanidine groups is 1. The number of likely N-dealkylation sites (N-methyl/N-ethyl adjacent to an activating group) is 1. The van der Waals surface area contributed by atoms with Gasteiger partial charge in [-0.25, -0.2) is 9.79 Å². The van der Waals surface area contributed by atoms with Gasteiger partial charge in [0.15, 0.2) is 18.2 Å². The molecule has 3 aliphatic rings. The third kappa shape index (κ3) is 3.38. The van der Waals surface area contributed by atoms with Crippen LogP contribution in [0.4, 0.5) is 4.79 Å². The van der Waals surface area contributed by atoms with Crippen molar-refractivity contribution in [3.8, 4) is 0 Å². The van der Waals surface area contributed by atoms with Gasteiger partial charge >= 0.3 is 6.03 Å². The van der Waals surface area contributed by atoms with Crippen molar-refractivity contribution in [2.75, 3.05) is 26.7 Å². The summed E-state index contributed by atoms with van der Waals surface area (Å²) in [4.78, 5) is 35.5. The summed E-state index contributed by atoms with van der Waals surface area (Å²) in [5, 5.41) is 2.47. The van der Waals surface area contributed by atoms with E-state index in [1.807, 2.05) is 18.2 Å². The largest absolute Gasteiger partial charge is 0.343 e. The number of aliphatic imine (C=N–C) groups is 1. The molecule has 3 aliphatic heterocycles. The molecule has 2 saturated heterocycles. The normalized spacial score (nSPS) is 26.1. The number of imide groups is 1. The molecule has 3 amide bonds. The first-order chi connectivity index (χ1) is 13.0. The van der Waals surface area contributed by atoms with Crippen LogP contribution in [-0.4, -0.2) is 71.5 Å². The zero-order chi connectivity index (χ0) is 19.0. The van der Waals surface area contributed by atoms with E-state index < -0.39 is 12.2 Å². The summed E-state index contributed by atoms with van der Waals surface area (Å²) < 4.78 is 0. The number of hydrogen-bond donors (Lipinski definition) is 1. The standard InChI is InChI=1S/C20H27N5O2/c1-14-8-11-24(12-9-14)19-21-17-16(18(26)22-20(27)23(17)2)25(19)13-10-15-6-4-3-5-7-15/h3-7,14,16-17H,8-13H2,1-2H3,(H,22,26,27). The van der Waals surface area contributed by atoms with Crippen molar-refractivity contribution in [3.63, 3.8) is 0 Å². The van der Waals surface area contributed by atoms with Crippen molar-refractivity contribution in [3.05, 3.63) is 35.9 Å². The molecule has 1 N–H and O–H groups in total. The van der Waals surface area contributed by atoms with Crippen LogP contribution in [0.1, 0.15) is 25.3 Å². The summed E-state index contributed by atoms with van der Waals surface area (Å²) >= 11 is 0. The van der Waals surface area contributed by atoms with Gasteiger partial charge in [0.25, 0.3) is 5.91 Å². The van der Waals surface area contributed by atoms with E-state index in [4.69, 9.17) is 4.99 Å². The summed E-state index contributed by atoms with van der Waals surface area (Å²) in [6.45, 7) is 4.87. The van der Waals surface area contributed by atoms with E-state index in [9.17, 15) is 9.59 Å². The zero-order valence-electron chi connectivity index (χ0n) is 16.0. The van der Waals surface area contributed by atoms with Gasteiger partial charge in [-0.1, -0.05) is 37.3 Å². The highest BCUT2D eigenvalue weighted by Gasteiger charge is 2.49. The van der Waals surface area contributed by atoms with E-state index in [1.54, 1.807) is 11.9 Å². The van der Waals surface area contributed by atoms with Crippen molar-refractivity contribution in [2.24, 2.45) is 10.9 Å². The zero-order valence-corrected chi connectivity index (χ0v) is 16.0. The number of likely N-dealkylation sites (tertiary alicyclic amines) is 1.